The molecule has 0 unspecified atom stereocenters. The molecule has 3 aromatic heterocycles. The highest BCUT2D eigenvalue weighted by Crippen LogP contribution is 2.30. The smallest absolute Gasteiger partial charge is 0.322 e. The molecule has 0 aliphatic rings. The quantitative estimate of drug-likeness (QED) is 0.571. The van der Waals surface area contributed by atoms with Crippen LogP contribution in [0.1, 0.15) is 0 Å². The van der Waals surface area contributed by atoms with Gasteiger partial charge in [0.15, 0.2) is 5.52 Å². The fourth-order valence-corrected chi connectivity index (χ4v) is 2.42. The molecular formula is C16H14N6O3. The number of imidazole rings is 1. The van der Waals surface area contributed by atoms with Crippen LogP contribution >= 0.6 is 0 Å². The lowest BCUT2D eigenvalue weighted by Gasteiger charge is -2.03. The SMILES string of the molecule is COc1ccccc1-c1nnc(Nc2nc3c(OC)nccc3[nH]2)o1. The Morgan fingerprint density at radius 3 is 2.80 bits per heavy atom. The van der Waals surface area contributed by atoms with Crippen molar-refractivity contribution >= 4 is 23.0 Å². The van der Waals surface area contributed by atoms with Crippen LogP contribution in [0.2, 0.25) is 0 Å². The summed E-state index contributed by atoms with van der Waals surface area (Å²) in [5, 5.41) is 11.0. The van der Waals surface area contributed by atoms with Crippen LogP contribution in [0.5, 0.6) is 11.6 Å². The van der Waals surface area contributed by atoms with Crippen LogP contribution in [0.3, 0.4) is 0 Å². The number of para-hydroxylation sites is 1. The molecule has 1 aromatic carbocycles. The largest absolute Gasteiger partial charge is 0.496 e. The van der Waals surface area contributed by atoms with Crippen molar-refractivity contribution in [1.29, 1.82) is 0 Å². The number of rotatable bonds is 5. The minimum Gasteiger partial charge on any atom is -0.496 e. The van der Waals surface area contributed by atoms with Crippen molar-refractivity contribution in [3.05, 3.63) is 36.5 Å². The van der Waals surface area contributed by atoms with Gasteiger partial charge in [0.2, 0.25) is 11.8 Å². The second kappa shape index (κ2) is 6.11. The summed E-state index contributed by atoms with van der Waals surface area (Å²) in [5.74, 6) is 1.87. The number of methoxy groups -OCH3 is 2. The lowest BCUT2D eigenvalue weighted by Crippen LogP contribution is -1.92. The van der Waals surface area contributed by atoms with E-state index < -0.39 is 0 Å². The van der Waals surface area contributed by atoms with E-state index in [1.54, 1.807) is 26.5 Å². The number of hydrogen-bond acceptors (Lipinski definition) is 8. The summed E-state index contributed by atoms with van der Waals surface area (Å²) in [4.78, 5) is 11.6. The molecule has 4 rings (SSSR count). The Morgan fingerprint density at radius 2 is 1.96 bits per heavy atom. The number of ether oxygens (including phenoxy) is 2. The van der Waals surface area contributed by atoms with Gasteiger partial charge in [-0.1, -0.05) is 17.2 Å². The van der Waals surface area contributed by atoms with Gasteiger partial charge in [-0.15, -0.1) is 5.10 Å². The molecule has 0 radical (unpaired) electrons. The van der Waals surface area contributed by atoms with Gasteiger partial charge in [-0.25, -0.2) is 9.97 Å². The summed E-state index contributed by atoms with van der Waals surface area (Å²) in [6.45, 7) is 0. The van der Waals surface area contributed by atoms with Crippen LogP contribution in [0, 0.1) is 0 Å². The van der Waals surface area contributed by atoms with E-state index in [1.165, 1.54) is 0 Å². The Morgan fingerprint density at radius 1 is 1.08 bits per heavy atom. The predicted molar refractivity (Wildman–Crippen MR) is 90.0 cm³/mol. The zero-order valence-electron chi connectivity index (χ0n) is 13.5. The number of fused-ring (bicyclic) bond motifs is 1. The van der Waals surface area contributed by atoms with Gasteiger partial charge in [0, 0.05) is 6.20 Å². The molecule has 0 aliphatic heterocycles. The fourth-order valence-electron chi connectivity index (χ4n) is 2.42. The number of pyridine rings is 1. The molecule has 3 heterocycles. The molecule has 0 fully saturated rings. The van der Waals surface area contributed by atoms with Gasteiger partial charge in [0.1, 0.15) is 5.75 Å². The number of nitrogens with one attached hydrogen (secondary N) is 2. The number of benzene rings is 1. The molecule has 0 atom stereocenters. The predicted octanol–water partition coefficient (Wildman–Crippen LogP) is 2.77. The van der Waals surface area contributed by atoms with Crippen molar-refractivity contribution < 1.29 is 13.9 Å². The maximum atomic E-state index is 5.65. The Hall–Kier alpha value is -3.62. The number of anilines is 2. The van der Waals surface area contributed by atoms with Crippen molar-refractivity contribution in [3.63, 3.8) is 0 Å². The minimum atomic E-state index is 0.201. The van der Waals surface area contributed by atoms with Crippen LogP contribution in [-0.2, 0) is 0 Å². The highest BCUT2D eigenvalue weighted by atomic mass is 16.5. The number of H-pyrrole nitrogens is 1. The van der Waals surface area contributed by atoms with Crippen molar-refractivity contribution in [2.45, 2.75) is 0 Å². The van der Waals surface area contributed by atoms with E-state index in [0.29, 0.717) is 34.5 Å². The van der Waals surface area contributed by atoms with Crippen molar-refractivity contribution in [3.8, 4) is 23.1 Å². The van der Waals surface area contributed by atoms with Gasteiger partial charge in [-0.3, -0.25) is 5.32 Å². The average molecular weight is 338 g/mol. The molecule has 0 spiro atoms. The zero-order chi connectivity index (χ0) is 17.2. The molecule has 0 amide bonds. The molecule has 25 heavy (non-hydrogen) atoms. The number of nitrogens with zero attached hydrogens (tertiary/aromatic N) is 4. The first-order valence-electron chi connectivity index (χ1n) is 7.41. The molecule has 2 N–H and O–H groups in total. The van der Waals surface area contributed by atoms with Crippen LogP contribution in [0.25, 0.3) is 22.5 Å². The van der Waals surface area contributed by atoms with E-state index in [1.807, 2.05) is 24.3 Å². The monoisotopic (exact) mass is 338 g/mol. The topological polar surface area (TPSA) is 111 Å². The third kappa shape index (κ3) is 2.71. The van der Waals surface area contributed by atoms with Crippen LogP contribution in [0.4, 0.5) is 12.0 Å². The third-order valence-corrected chi connectivity index (χ3v) is 3.55. The highest BCUT2D eigenvalue weighted by molar-refractivity contribution is 5.82. The molecule has 9 nitrogen and oxygen atoms in total. The maximum absolute atomic E-state index is 5.65. The standard InChI is InChI=1S/C16H14N6O3/c1-23-11-6-4-3-5-9(11)13-21-22-16(25-13)20-15-18-10-7-8-17-14(24-2)12(10)19-15/h3-8H,1-2H3,(H2,18,19,20,22). The molecule has 0 saturated heterocycles. The molecule has 9 heteroatoms. The van der Waals surface area contributed by atoms with Gasteiger partial charge in [0.05, 0.1) is 25.3 Å². The highest BCUT2D eigenvalue weighted by Gasteiger charge is 2.15. The first-order valence-corrected chi connectivity index (χ1v) is 7.41. The van der Waals surface area contributed by atoms with Crippen LogP contribution < -0.4 is 14.8 Å². The number of aromatic amines is 1. The molecule has 0 aliphatic carbocycles. The summed E-state index contributed by atoms with van der Waals surface area (Å²) in [6, 6.07) is 9.40. The van der Waals surface area contributed by atoms with Gasteiger partial charge >= 0.3 is 6.01 Å². The molecule has 4 aromatic rings. The Balaban J connectivity index is 1.63. The molecule has 0 saturated carbocycles. The first-order chi connectivity index (χ1) is 12.3. The van der Waals surface area contributed by atoms with E-state index in [0.717, 1.165) is 5.52 Å². The second-order valence-corrected chi connectivity index (χ2v) is 5.04. The summed E-state index contributed by atoms with van der Waals surface area (Å²) < 4.78 is 16.1. The molecule has 0 bridgehead atoms. The molecule has 126 valence electrons. The maximum Gasteiger partial charge on any atom is 0.322 e. The summed E-state index contributed by atoms with van der Waals surface area (Å²) in [7, 11) is 3.13. The number of hydrogen-bond donors (Lipinski definition) is 2. The number of aromatic nitrogens is 5. The Labute approximate surface area is 142 Å². The average Bonchev–Trinajstić information content (AvgIpc) is 3.28. The van der Waals surface area contributed by atoms with Crippen LogP contribution in [0.15, 0.2) is 40.9 Å². The Kier molecular flexibility index (Phi) is 3.65. The summed E-state index contributed by atoms with van der Waals surface area (Å²) in [6.07, 6.45) is 1.63. The molecular weight excluding hydrogens is 324 g/mol. The van der Waals surface area contributed by atoms with E-state index in [4.69, 9.17) is 13.9 Å². The second-order valence-electron chi connectivity index (χ2n) is 5.04. The first kappa shape index (κ1) is 14.9. The summed E-state index contributed by atoms with van der Waals surface area (Å²) in [5.41, 5.74) is 2.09. The van der Waals surface area contributed by atoms with Crippen molar-refractivity contribution in [1.82, 2.24) is 25.1 Å². The van der Waals surface area contributed by atoms with Crippen molar-refractivity contribution in [2.24, 2.45) is 0 Å². The van der Waals surface area contributed by atoms with Crippen LogP contribution in [-0.4, -0.2) is 39.4 Å². The zero-order valence-corrected chi connectivity index (χ0v) is 13.5. The Bertz CT molecular complexity index is 1030. The van der Waals surface area contributed by atoms with E-state index in [2.05, 4.69) is 30.5 Å². The van der Waals surface area contributed by atoms with Gasteiger partial charge < -0.3 is 18.9 Å². The lowest BCUT2D eigenvalue weighted by atomic mass is 10.2. The minimum absolute atomic E-state index is 0.201. The van der Waals surface area contributed by atoms with Gasteiger partial charge in [0.25, 0.3) is 5.89 Å². The van der Waals surface area contributed by atoms with Crippen molar-refractivity contribution in [2.75, 3.05) is 19.5 Å². The van der Waals surface area contributed by atoms with E-state index in [9.17, 15) is 0 Å². The third-order valence-electron chi connectivity index (χ3n) is 3.55. The fraction of sp³-hybridized carbons (Fsp3) is 0.125. The lowest BCUT2D eigenvalue weighted by molar-refractivity contribution is 0.402. The normalized spacial score (nSPS) is 10.8. The summed E-state index contributed by atoms with van der Waals surface area (Å²) >= 11 is 0. The van der Waals surface area contributed by atoms with E-state index in [-0.39, 0.29) is 6.01 Å². The van der Waals surface area contributed by atoms with Gasteiger partial charge in [-0.2, -0.15) is 0 Å². The van der Waals surface area contributed by atoms with Gasteiger partial charge in [-0.05, 0) is 18.2 Å². The van der Waals surface area contributed by atoms with E-state index >= 15 is 0 Å².